The monoisotopic (exact) mass is 379 g/mol. The molecule has 0 aliphatic heterocycles. The molecule has 0 saturated carbocycles. The number of hydrogen-bond donors (Lipinski definition) is 3. The Hall–Kier alpha value is -3.41. The van der Waals surface area contributed by atoms with Gasteiger partial charge in [-0.3, -0.25) is 25.2 Å². The van der Waals surface area contributed by atoms with Crippen molar-refractivity contribution in [2.45, 2.75) is 27.2 Å². The number of amides is 3. The van der Waals surface area contributed by atoms with Crippen LogP contribution in [0.1, 0.15) is 41.8 Å². The Labute approximate surface area is 165 Å². The molecular formula is C22H25N3O3. The third kappa shape index (κ3) is 7.07. The molecule has 0 radical (unpaired) electrons. The van der Waals surface area contributed by atoms with Gasteiger partial charge in [0.1, 0.15) is 0 Å². The summed E-state index contributed by atoms with van der Waals surface area (Å²) in [5, 5.41) is 2.78. The molecule has 0 atom stereocenters. The van der Waals surface area contributed by atoms with E-state index in [0.717, 1.165) is 11.1 Å². The minimum atomic E-state index is -0.447. The van der Waals surface area contributed by atoms with Crippen LogP contribution >= 0.6 is 0 Å². The zero-order valence-corrected chi connectivity index (χ0v) is 16.3. The van der Waals surface area contributed by atoms with Gasteiger partial charge in [-0.25, -0.2) is 0 Å². The van der Waals surface area contributed by atoms with Crippen molar-refractivity contribution in [3.05, 3.63) is 71.3 Å². The summed E-state index contributed by atoms with van der Waals surface area (Å²) in [5.74, 6) is -0.683. The van der Waals surface area contributed by atoms with E-state index in [-0.39, 0.29) is 11.8 Å². The fourth-order valence-electron chi connectivity index (χ4n) is 2.37. The zero-order chi connectivity index (χ0) is 20.5. The van der Waals surface area contributed by atoms with Gasteiger partial charge < -0.3 is 5.32 Å². The number of hydrogen-bond acceptors (Lipinski definition) is 3. The number of anilines is 1. The first-order valence-corrected chi connectivity index (χ1v) is 9.08. The topological polar surface area (TPSA) is 87.3 Å². The van der Waals surface area contributed by atoms with E-state index in [9.17, 15) is 14.4 Å². The molecule has 2 aromatic carbocycles. The molecular weight excluding hydrogens is 354 g/mol. The Morgan fingerprint density at radius 3 is 2.18 bits per heavy atom. The Morgan fingerprint density at radius 1 is 0.929 bits per heavy atom. The van der Waals surface area contributed by atoms with Crippen LogP contribution in [0.2, 0.25) is 0 Å². The summed E-state index contributed by atoms with van der Waals surface area (Å²) in [6, 6.07) is 14.2. The van der Waals surface area contributed by atoms with Gasteiger partial charge in [0, 0.05) is 23.7 Å². The summed E-state index contributed by atoms with van der Waals surface area (Å²) in [6.45, 7) is 5.93. The number of aryl methyl sites for hydroxylation is 1. The quantitative estimate of drug-likeness (QED) is 0.531. The van der Waals surface area contributed by atoms with Crippen LogP contribution < -0.4 is 16.2 Å². The first-order chi connectivity index (χ1) is 13.3. The van der Waals surface area contributed by atoms with Crippen molar-refractivity contribution in [1.29, 1.82) is 0 Å². The standard InChI is InChI=1S/C22H25N3O3/c1-15(2)14-21(27)23-19-11-9-18(10-12-19)22(28)25-24-20(26)13-8-17-6-4-16(3)5-7-17/h4-13,15H,14H2,1-3H3,(H,23,27)(H,24,26)(H,25,28)/b13-8+. The number of rotatable bonds is 6. The number of hydrazine groups is 1. The molecule has 2 aromatic rings. The fraction of sp³-hybridized carbons (Fsp3) is 0.227. The molecule has 0 spiro atoms. The first-order valence-electron chi connectivity index (χ1n) is 9.08. The lowest BCUT2D eigenvalue weighted by molar-refractivity contribution is -0.117. The van der Waals surface area contributed by atoms with Crippen molar-refractivity contribution in [1.82, 2.24) is 10.9 Å². The minimum absolute atomic E-state index is 0.0696. The second-order valence-corrected chi connectivity index (χ2v) is 6.91. The maximum Gasteiger partial charge on any atom is 0.269 e. The molecule has 2 rings (SSSR count). The van der Waals surface area contributed by atoms with Crippen LogP contribution in [0.15, 0.2) is 54.6 Å². The van der Waals surface area contributed by atoms with Crippen LogP contribution in [-0.2, 0) is 9.59 Å². The van der Waals surface area contributed by atoms with Crippen molar-refractivity contribution < 1.29 is 14.4 Å². The van der Waals surface area contributed by atoms with Crippen LogP contribution in [0.5, 0.6) is 0 Å². The van der Waals surface area contributed by atoms with E-state index >= 15 is 0 Å². The molecule has 6 nitrogen and oxygen atoms in total. The molecule has 0 heterocycles. The molecule has 28 heavy (non-hydrogen) atoms. The molecule has 6 heteroatoms. The van der Waals surface area contributed by atoms with E-state index in [2.05, 4.69) is 16.2 Å². The largest absolute Gasteiger partial charge is 0.326 e. The predicted molar refractivity (Wildman–Crippen MR) is 110 cm³/mol. The van der Waals surface area contributed by atoms with Crippen molar-refractivity contribution in [3.63, 3.8) is 0 Å². The SMILES string of the molecule is Cc1ccc(/C=C/C(=O)NNC(=O)c2ccc(NC(=O)CC(C)C)cc2)cc1. The van der Waals surface area contributed by atoms with E-state index in [1.54, 1.807) is 30.3 Å². The van der Waals surface area contributed by atoms with Gasteiger partial charge in [-0.15, -0.1) is 0 Å². The molecule has 0 aromatic heterocycles. The lowest BCUT2D eigenvalue weighted by Crippen LogP contribution is -2.40. The fourth-order valence-corrected chi connectivity index (χ4v) is 2.37. The van der Waals surface area contributed by atoms with Gasteiger partial charge in [-0.2, -0.15) is 0 Å². The average Bonchev–Trinajstić information content (AvgIpc) is 2.65. The van der Waals surface area contributed by atoms with Crippen LogP contribution in [0.25, 0.3) is 6.08 Å². The summed E-state index contributed by atoms with van der Waals surface area (Å²) < 4.78 is 0. The van der Waals surface area contributed by atoms with Gasteiger partial charge in [0.15, 0.2) is 0 Å². The molecule has 0 saturated heterocycles. The number of carbonyl (C=O) groups is 3. The maximum absolute atomic E-state index is 12.1. The van der Waals surface area contributed by atoms with Crippen LogP contribution in [0.4, 0.5) is 5.69 Å². The van der Waals surface area contributed by atoms with E-state index in [4.69, 9.17) is 0 Å². The summed E-state index contributed by atoms with van der Waals surface area (Å²) in [5.41, 5.74) is 7.70. The zero-order valence-electron chi connectivity index (χ0n) is 16.3. The van der Waals surface area contributed by atoms with Crippen LogP contribution in [0.3, 0.4) is 0 Å². The van der Waals surface area contributed by atoms with E-state index in [0.29, 0.717) is 17.7 Å². The van der Waals surface area contributed by atoms with Gasteiger partial charge in [-0.1, -0.05) is 43.7 Å². The summed E-state index contributed by atoms with van der Waals surface area (Å²) in [7, 11) is 0. The minimum Gasteiger partial charge on any atom is -0.326 e. The Morgan fingerprint density at radius 2 is 1.57 bits per heavy atom. The van der Waals surface area contributed by atoms with Crippen LogP contribution in [-0.4, -0.2) is 17.7 Å². The van der Waals surface area contributed by atoms with Gasteiger partial charge in [0.25, 0.3) is 11.8 Å². The molecule has 0 aliphatic carbocycles. The summed E-state index contributed by atoms with van der Waals surface area (Å²) in [4.78, 5) is 35.7. The summed E-state index contributed by atoms with van der Waals surface area (Å²) in [6.07, 6.45) is 3.44. The average molecular weight is 379 g/mol. The van der Waals surface area contributed by atoms with E-state index in [1.165, 1.54) is 6.08 Å². The van der Waals surface area contributed by atoms with Crippen molar-refractivity contribution in [2.24, 2.45) is 5.92 Å². The van der Waals surface area contributed by atoms with Crippen molar-refractivity contribution in [3.8, 4) is 0 Å². The predicted octanol–water partition coefficient (Wildman–Crippen LogP) is 3.45. The Kier molecular flexibility index (Phi) is 7.51. The molecule has 146 valence electrons. The highest BCUT2D eigenvalue weighted by Crippen LogP contribution is 2.11. The maximum atomic E-state index is 12.1. The smallest absolute Gasteiger partial charge is 0.269 e. The second-order valence-electron chi connectivity index (χ2n) is 6.91. The highest BCUT2D eigenvalue weighted by Gasteiger charge is 2.08. The Bertz CT molecular complexity index is 854. The lowest BCUT2D eigenvalue weighted by atomic mass is 10.1. The third-order valence-corrected chi connectivity index (χ3v) is 3.83. The van der Waals surface area contributed by atoms with E-state index in [1.807, 2.05) is 45.0 Å². The lowest BCUT2D eigenvalue weighted by Gasteiger charge is -2.08. The van der Waals surface area contributed by atoms with Crippen LogP contribution in [0, 0.1) is 12.8 Å². The van der Waals surface area contributed by atoms with Crippen molar-refractivity contribution in [2.75, 3.05) is 5.32 Å². The van der Waals surface area contributed by atoms with E-state index < -0.39 is 11.8 Å². The highest BCUT2D eigenvalue weighted by atomic mass is 16.2. The normalized spacial score (nSPS) is 10.7. The molecule has 3 N–H and O–H groups in total. The van der Waals surface area contributed by atoms with Crippen molar-refractivity contribution >= 4 is 29.5 Å². The van der Waals surface area contributed by atoms with Gasteiger partial charge >= 0.3 is 0 Å². The third-order valence-electron chi connectivity index (χ3n) is 3.83. The van der Waals surface area contributed by atoms with Gasteiger partial charge in [0.2, 0.25) is 5.91 Å². The van der Waals surface area contributed by atoms with Gasteiger partial charge in [0.05, 0.1) is 0 Å². The highest BCUT2D eigenvalue weighted by molar-refractivity contribution is 5.98. The molecule has 0 unspecified atom stereocenters. The first kappa shape index (κ1) is 20.9. The summed E-state index contributed by atoms with van der Waals surface area (Å²) >= 11 is 0. The molecule has 3 amide bonds. The number of carbonyl (C=O) groups excluding carboxylic acids is 3. The van der Waals surface area contributed by atoms with Gasteiger partial charge in [-0.05, 0) is 48.7 Å². The Balaban J connectivity index is 1.82. The second kappa shape index (κ2) is 10.1. The molecule has 0 fully saturated rings. The molecule has 0 aliphatic rings. The number of nitrogens with one attached hydrogen (secondary N) is 3. The number of benzene rings is 2. The molecule has 0 bridgehead atoms.